The van der Waals surface area contributed by atoms with Crippen molar-refractivity contribution in [1.29, 1.82) is 0 Å². The number of rotatable bonds is 5. The van der Waals surface area contributed by atoms with E-state index in [1.165, 1.54) is 12.1 Å². The number of nitrogens with zero attached hydrogens (tertiary/aromatic N) is 2. The molecule has 0 saturated carbocycles. The summed E-state index contributed by atoms with van der Waals surface area (Å²) in [6.07, 6.45) is 1.67. The molecule has 0 aliphatic heterocycles. The van der Waals surface area contributed by atoms with Gasteiger partial charge in [0.05, 0.1) is 5.69 Å². The lowest BCUT2D eigenvalue weighted by Gasteiger charge is -2.13. The Morgan fingerprint density at radius 2 is 2.20 bits per heavy atom. The van der Waals surface area contributed by atoms with Crippen LogP contribution in [0.15, 0.2) is 30.3 Å². The summed E-state index contributed by atoms with van der Waals surface area (Å²) in [4.78, 5) is 12.8. The molecule has 0 atom stereocenters. The Morgan fingerprint density at radius 3 is 2.90 bits per heavy atom. The Kier molecular flexibility index (Phi) is 4.50. The van der Waals surface area contributed by atoms with Crippen molar-refractivity contribution < 1.29 is 9.18 Å². The van der Waals surface area contributed by atoms with Crippen LogP contribution in [0.2, 0.25) is 0 Å². The van der Waals surface area contributed by atoms with Gasteiger partial charge in [-0.1, -0.05) is 12.1 Å². The molecule has 1 heterocycles. The third-order valence-electron chi connectivity index (χ3n) is 3.23. The van der Waals surface area contributed by atoms with Crippen LogP contribution >= 0.6 is 0 Å². The van der Waals surface area contributed by atoms with Gasteiger partial charge in [-0.2, -0.15) is 5.10 Å². The lowest BCUT2D eigenvalue weighted by Crippen LogP contribution is -2.25. The molecular formula is C15H18FN3O. The molecule has 106 valence electrons. The summed E-state index contributed by atoms with van der Waals surface area (Å²) in [7, 11) is 1.79. The second kappa shape index (κ2) is 6.32. The number of hydrogen-bond donors (Lipinski definition) is 1. The summed E-state index contributed by atoms with van der Waals surface area (Å²) in [5.74, 6) is -0.204. The summed E-state index contributed by atoms with van der Waals surface area (Å²) in [6.45, 7) is 2.27. The smallest absolute Gasteiger partial charge is 0.219 e. The van der Waals surface area contributed by atoms with Gasteiger partial charge in [-0.05, 0) is 31.0 Å². The highest BCUT2D eigenvalue weighted by Crippen LogP contribution is 2.19. The van der Waals surface area contributed by atoms with Crippen LogP contribution < -0.4 is 0 Å². The second-order valence-corrected chi connectivity index (χ2v) is 4.83. The van der Waals surface area contributed by atoms with Gasteiger partial charge in [0.15, 0.2) is 0 Å². The highest BCUT2D eigenvalue weighted by atomic mass is 19.1. The summed E-state index contributed by atoms with van der Waals surface area (Å²) in [5, 5.41) is 7.14. The van der Waals surface area contributed by atoms with Crippen LogP contribution in [0, 0.1) is 5.82 Å². The Hall–Kier alpha value is -2.17. The average molecular weight is 275 g/mol. The van der Waals surface area contributed by atoms with Crippen molar-refractivity contribution in [1.82, 2.24) is 15.1 Å². The number of benzene rings is 1. The number of halogens is 1. The molecule has 1 N–H and O–H groups in total. The minimum absolute atomic E-state index is 0.0649. The van der Waals surface area contributed by atoms with Crippen molar-refractivity contribution in [2.75, 3.05) is 13.6 Å². The zero-order valence-corrected chi connectivity index (χ0v) is 11.7. The Balaban J connectivity index is 1.94. The fourth-order valence-electron chi connectivity index (χ4n) is 1.95. The summed E-state index contributed by atoms with van der Waals surface area (Å²) < 4.78 is 13.2. The highest BCUT2D eigenvalue weighted by Gasteiger charge is 2.06. The largest absolute Gasteiger partial charge is 0.346 e. The zero-order valence-electron chi connectivity index (χ0n) is 11.7. The van der Waals surface area contributed by atoms with E-state index in [1.54, 1.807) is 24.9 Å². The van der Waals surface area contributed by atoms with Crippen molar-refractivity contribution in [3.8, 4) is 11.3 Å². The number of aromatic amines is 1. The van der Waals surface area contributed by atoms with Crippen LogP contribution in [0.1, 0.15) is 19.0 Å². The monoisotopic (exact) mass is 275 g/mol. The molecule has 20 heavy (non-hydrogen) atoms. The number of aromatic nitrogens is 2. The Bertz CT molecular complexity index is 594. The van der Waals surface area contributed by atoms with Crippen LogP contribution in [0.25, 0.3) is 11.3 Å². The number of H-pyrrole nitrogens is 1. The molecule has 0 unspecified atom stereocenters. The number of aryl methyl sites for hydroxylation is 1. The standard InChI is InChI=1S/C15H18FN3O/c1-11(20)19(2)8-4-7-14-10-15(18-17-14)12-5-3-6-13(16)9-12/h3,5-6,9-10H,4,7-8H2,1-2H3,(H,17,18). The summed E-state index contributed by atoms with van der Waals surface area (Å²) in [5.41, 5.74) is 2.48. The van der Waals surface area contributed by atoms with E-state index in [1.807, 2.05) is 12.1 Å². The number of carbonyl (C=O) groups excluding carboxylic acids is 1. The molecule has 1 amide bonds. The molecule has 0 fully saturated rings. The molecule has 4 nitrogen and oxygen atoms in total. The fraction of sp³-hybridized carbons (Fsp3) is 0.333. The van der Waals surface area contributed by atoms with Gasteiger partial charge >= 0.3 is 0 Å². The van der Waals surface area contributed by atoms with E-state index in [-0.39, 0.29) is 11.7 Å². The molecule has 0 saturated heterocycles. The van der Waals surface area contributed by atoms with Gasteiger partial charge in [-0.25, -0.2) is 4.39 Å². The predicted octanol–water partition coefficient (Wildman–Crippen LogP) is 2.63. The van der Waals surface area contributed by atoms with E-state index in [0.717, 1.165) is 29.8 Å². The molecule has 0 spiro atoms. The van der Waals surface area contributed by atoms with Crippen LogP contribution in [0.5, 0.6) is 0 Å². The van der Waals surface area contributed by atoms with Gasteiger partial charge in [0.25, 0.3) is 0 Å². The Morgan fingerprint density at radius 1 is 1.40 bits per heavy atom. The normalized spacial score (nSPS) is 10.6. The topological polar surface area (TPSA) is 49.0 Å². The minimum atomic E-state index is -0.268. The van der Waals surface area contributed by atoms with Crippen molar-refractivity contribution in [2.45, 2.75) is 19.8 Å². The molecule has 0 aliphatic rings. The van der Waals surface area contributed by atoms with Crippen molar-refractivity contribution in [3.63, 3.8) is 0 Å². The first kappa shape index (κ1) is 14.2. The molecule has 2 rings (SSSR count). The van der Waals surface area contributed by atoms with E-state index in [0.29, 0.717) is 6.54 Å². The fourth-order valence-corrected chi connectivity index (χ4v) is 1.95. The maximum absolute atomic E-state index is 13.2. The van der Waals surface area contributed by atoms with Crippen molar-refractivity contribution in [3.05, 3.63) is 41.8 Å². The Labute approximate surface area is 117 Å². The van der Waals surface area contributed by atoms with E-state index >= 15 is 0 Å². The third-order valence-corrected chi connectivity index (χ3v) is 3.23. The zero-order chi connectivity index (χ0) is 14.5. The first-order valence-corrected chi connectivity index (χ1v) is 6.58. The third kappa shape index (κ3) is 3.66. The number of hydrogen-bond acceptors (Lipinski definition) is 2. The first-order chi connectivity index (χ1) is 9.56. The van der Waals surface area contributed by atoms with Crippen molar-refractivity contribution in [2.24, 2.45) is 0 Å². The molecule has 0 bridgehead atoms. The quantitative estimate of drug-likeness (QED) is 0.912. The van der Waals surface area contributed by atoms with Crippen LogP contribution in [-0.4, -0.2) is 34.6 Å². The molecule has 0 radical (unpaired) electrons. The first-order valence-electron chi connectivity index (χ1n) is 6.58. The highest BCUT2D eigenvalue weighted by molar-refractivity contribution is 5.72. The second-order valence-electron chi connectivity index (χ2n) is 4.83. The molecule has 1 aromatic heterocycles. The van der Waals surface area contributed by atoms with Crippen LogP contribution in [0.3, 0.4) is 0 Å². The minimum Gasteiger partial charge on any atom is -0.346 e. The summed E-state index contributed by atoms with van der Waals surface area (Å²) >= 11 is 0. The van der Waals surface area contributed by atoms with E-state index in [9.17, 15) is 9.18 Å². The number of nitrogens with one attached hydrogen (secondary N) is 1. The van der Waals surface area contributed by atoms with Gasteiger partial charge in [-0.3, -0.25) is 9.89 Å². The van der Waals surface area contributed by atoms with Gasteiger partial charge < -0.3 is 4.90 Å². The van der Waals surface area contributed by atoms with E-state index in [4.69, 9.17) is 0 Å². The van der Waals surface area contributed by atoms with Crippen LogP contribution in [-0.2, 0) is 11.2 Å². The number of amides is 1. The molecule has 5 heteroatoms. The van der Waals surface area contributed by atoms with E-state index in [2.05, 4.69) is 10.2 Å². The molecule has 0 aliphatic carbocycles. The van der Waals surface area contributed by atoms with Gasteiger partial charge in [0.1, 0.15) is 5.82 Å². The lowest BCUT2D eigenvalue weighted by atomic mass is 10.1. The average Bonchev–Trinajstić information content (AvgIpc) is 2.87. The number of carbonyl (C=O) groups is 1. The van der Waals surface area contributed by atoms with Gasteiger partial charge in [-0.15, -0.1) is 0 Å². The SMILES string of the molecule is CC(=O)N(C)CCCc1cc(-c2cccc(F)c2)n[nH]1. The van der Waals surface area contributed by atoms with Crippen LogP contribution in [0.4, 0.5) is 4.39 Å². The van der Waals surface area contributed by atoms with Gasteiger partial charge in [0, 0.05) is 31.8 Å². The van der Waals surface area contributed by atoms with Gasteiger partial charge in [0.2, 0.25) is 5.91 Å². The maximum atomic E-state index is 13.2. The maximum Gasteiger partial charge on any atom is 0.219 e. The molecular weight excluding hydrogens is 257 g/mol. The summed E-state index contributed by atoms with van der Waals surface area (Å²) in [6, 6.07) is 8.29. The molecule has 1 aromatic carbocycles. The molecule has 2 aromatic rings. The predicted molar refractivity (Wildman–Crippen MR) is 75.6 cm³/mol. The lowest BCUT2D eigenvalue weighted by molar-refractivity contribution is -0.127. The van der Waals surface area contributed by atoms with E-state index < -0.39 is 0 Å². The van der Waals surface area contributed by atoms with Crippen molar-refractivity contribution >= 4 is 5.91 Å².